The van der Waals surface area contributed by atoms with Gasteiger partial charge in [-0.3, -0.25) is 9.98 Å². The van der Waals surface area contributed by atoms with E-state index < -0.39 is 0 Å². The van der Waals surface area contributed by atoms with Crippen LogP contribution in [-0.4, -0.2) is 32.8 Å². The van der Waals surface area contributed by atoms with E-state index in [2.05, 4.69) is 30.7 Å². The molecular weight excluding hydrogens is 453 g/mol. The van der Waals surface area contributed by atoms with Crippen LogP contribution in [0.2, 0.25) is 0 Å². The second kappa shape index (κ2) is 10.0. The molecule has 0 saturated carbocycles. The standard InChI is InChI=1S/C19H23N7.HI/c1-14-10-15(2)26(25-14)18-8-7-16(11-22-18)12-23-19(20-3)24-13-17-6-4-5-9-21-17;/h4-11H,12-13H2,1-3H3,(H2,20,23,24);1H. The van der Waals surface area contributed by atoms with Crippen LogP contribution in [0.3, 0.4) is 0 Å². The van der Waals surface area contributed by atoms with Crippen LogP contribution in [0.25, 0.3) is 5.82 Å². The Balaban J connectivity index is 0.00000261. The largest absolute Gasteiger partial charge is 0.352 e. The Bertz CT molecular complexity index is 873. The molecule has 0 bridgehead atoms. The Labute approximate surface area is 176 Å². The third kappa shape index (κ3) is 5.75. The lowest BCUT2D eigenvalue weighted by atomic mass is 10.3. The number of nitrogens with one attached hydrogen (secondary N) is 2. The molecule has 0 aliphatic rings. The van der Waals surface area contributed by atoms with Crippen molar-refractivity contribution in [1.29, 1.82) is 0 Å². The topological polar surface area (TPSA) is 80.0 Å². The number of guanidine groups is 1. The quantitative estimate of drug-likeness (QED) is 0.336. The zero-order valence-corrected chi connectivity index (χ0v) is 18.0. The molecule has 0 aliphatic heterocycles. The van der Waals surface area contributed by atoms with Crippen LogP contribution in [0, 0.1) is 13.8 Å². The molecule has 3 heterocycles. The Hall–Kier alpha value is -2.49. The molecule has 0 spiro atoms. The summed E-state index contributed by atoms with van der Waals surface area (Å²) >= 11 is 0. The lowest BCUT2D eigenvalue weighted by Gasteiger charge is -2.12. The van der Waals surface area contributed by atoms with Crippen molar-refractivity contribution in [2.75, 3.05) is 7.05 Å². The summed E-state index contributed by atoms with van der Waals surface area (Å²) in [6.07, 6.45) is 3.63. The maximum absolute atomic E-state index is 4.51. The van der Waals surface area contributed by atoms with E-state index in [-0.39, 0.29) is 24.0 Å². The summed E-state index contributed by atoms with van der Waals surface area (Å²) < 4.78 is 1.85. The van der Waals surface area contributed by atoms with E-state index in [1.54, 1.807) is 13.2 Å². The van der Waals surface area contributed by atoms with Crippen LogP contribution in [0.1, 0.15) is 22.6 Å². The second-order valence-electron chi connectivity index (χ2n) is 5.96. The molecule has 0 atom stereocenters. The van der Waals surface area contributed by atoms with Crippen molar-refractivity contribution in [3.05, 3.63) is 71.4 Å². The van der Waals surface area contributed by atoms with Gasteiger partial charge in [-0.05, 0) is 43.7 Å². The minimum Gasteiger partial charge on any atom is -0.352 e. The minimum absolute atomic E-state index is 0. The fourth-order valence-electron chi connectivity index (χ4n) is 2.59. The average Bonchev–Trinajstić information content (AvgIpc) is 3.01. The number of rotatable bonds is 5. The van der Waals surface area contributed by atoms with Crippen molar-refractivity contribution < 1.29 is 0 Å². The molecule has 2 N–H and O–H groups in total. The Kier molecular flexibility index (Phi) is 7.71. The van der Waals surface area contributed by atoms with Crippen molar-refractivity contribution in [1.82, 2.24) is 30.4 Å². The number of hydrogen-bond donors (Lipinski definition) is 2. The van der Waals surface area contributed by atoms with E-state index in [4.69, 9.17) is 0 Å². The summed E-state index contributed by atoms with van der Waals surface area (Å²) in [4.78, 5) is 13.0. The van der Waals surface area contributed by atoms with Crippen LogP contribution in [0.4, 0.5) is 0 Å². The molecule has 0 aliphatic carbocycles. The Morgan fingerprint density at radius 2 is 1.89 bits per heavy atom. The predicted octanol–water partition coefficient (Wildman–Crippen LogP) is 2.76. The van der Waals surface area contributed by atoms with Crippen LogP contribution < -0.4 is 10.6 Å². The molecule has 3 aromatic rings. The number of halogens is 1. The molecule has 27 heavy (non-hydrogen) atoms. The van der Waals surface area contributed by atoms with Gasteiger partial charge in [0.15, 0.2) is 11.8 Å². The zero-order chi connectivity index (χ0) is 18.4. The van der Waals surface area contributed by atoms with Gasteiger partial charge in [-0.1, -0.05) is 12.1 Å². The summed E-state index contributed by atoms with van der Waals surface area (Å²) in [7, 11) is 1.75. The van der Waals surface area contributed by atoms with E-state index in [0.29, 0.717) is 13.1 Å². The van der Waals surface area contributed by atoms with E-state index in [9.17, 15) is 0 Å². The molecule has 0 saturated heterocycles. The molecule has 7 nitrogen and oxygen atoms in total. The smallest absolute Gasteiger partial charge is 0.191 e. The number of aryl methyl sites for hydroxylation is 2. The van der Waals surface area contributed by atoms with Crippen molar-refractivity contribution in [2.24, 2.45) is 4.99 Å². The number of nitrogens with zero attached hydrogens (tertiary/aromatic N) is 5. The summed E-state index contributed by atoms with van der Waals surface area (Å²) in [6, 6.07) is 11.9. The van der Waals surface area contributed by atoms with Crippen molar-refractivity contribution >= 4 is 29.9 Å². The normalized spacial score (nSPS) is 11.0. The minimum atomic E-state index is 0. The monoisotopic (exact) mass is 477 g/mol. The van der Waals surface area contributed by atoms with Gasteiger partial charge in [-0.2, -0.15) is 5.10 Å². The lowest BCUT2D eigenvalue weighted by Crippen LogP contribution is -2.36. The van der Waals surface area contributed by atoms with Gasteiger partial charge in [-0.15, -0.1) is 24.0 Å². The first-order valence-corrected chi connectivity index (χ1v) is 8.48. The van der Waals surface area contributed by atoms with Crippen LogP contribution in [0.15, 0.2) is 53.8 Å². The van der Waals surface area contributed by atoms with E-state index in [1.165, 1.54) is 0 Å². The fourth-order valence-corrected chi connectivity index (χ4v) is 2.59. The summed E-state index contributed by atoms with van der Waals surface area (Å²) in [5.41, 5.74) is 4.08. The van der Waals surface area contributed by atoms with Gasteiger partial charge < -0.3 is 10.6 Å². The number of hydrogen-bond acceptors (Lipinski definition) is 4. The highest BCUT2D eigenvalue weighted by atomic mass is 127. The van der Waals surface area contributed by atoms with Crippen LogP contribution >= 0.6 is 24.0 Å². The molecule has 0 fully saturated rings. The van der Waals surface area contributed by atoms with Gasteiger partial charge in [0.1, 0.15) is 0 Å². The van der Waals surface area contributed by atoms with Gasteiger partial charge in [0.2, 0.25) is 0 Å². The summed E-state index contributed by atoms with van der Waals surface area (Å²) in [5, 5.41) is 11.0. The zero-order valence-electron chi connectivity index (χ0n) is 15.7. The number of aromatic nitrogens is 4. The summed E-state index contributed by atoms with van der Waals surface area (Å²) in [5.74, 6) is 1.54. The average molecular weight is 477 g/mol. The molecule has 8 heteroatoms. The molecular formula is C19H24IN7. The predicted molar refractivity (Wildman–Crippen MR) is 118 cm³/mol. The first-order valence-electron chi connectivity index (χ1n) is 8.48. The van der Waals surface area contributed by atoms with Gasteiger partial charge >= 0.3 is 0 Å². The highest BCUT2D eigenvalue weighted by Gasteiger charge is 2.05. The number of pyridine rings is 2. The molecule has 0 unspecified atom stereocenters. The van der Waals surface area contributed by atoms with Crippen molar-refractivity contribution in [2.45, 2.75) is 26.9 Å². The first-order chi connectivity index (χ1) is 12.7. The van der Waals surface area contributed by atoms with E-state index in [0.717, 1.165) is 34.4 Å². The van der Waals surface area contributed by atoms with E-state index in [1.807, 2.05) is 61.1 Å². The molecule has 142 valence electrons. The van der Waals surface area contributed by atoms with E-state index >= 15 is 0 Å². The third-order valence-electron chi connectivity index (χ3n) is 3.88. The fraction of sp³-hybridized carbons (Fsp3) is 0.263. The second-order valence-corrected chi connectivity index (χ2v) is 5.96. The van der Waals surface area contributed by atoms with Crippen molar-refractivity contribution in [3.63, 3.8) is 0 Å². The van der Waals surface area contributed by atoms with Crippen LogP contribution in [0.5, 0.6) is 0 Å². The highest BCUT2D eigenvalue weighted by Crippen LogP contribution is 2.10. The van der Waals surface area contributed by atoms with Gasteiger partial charge in [0.25, 0.3) is 0 Å². The SMILES string of the molecule is CN=C(NCc1ccc(-n2nc(C)cc2C)nc1)NCc1ccccn1.I. The molecule has 3 aromatic heterocycles. The first kappa shape index (κ1) is 20.8. The van der Waals surface area contributed by atoms with Gasteiger partial charge in [-0.25, -0.2) is 9.67 Å². The van der Waals surface area contributed by atoms with Crippen LogP contribution in [-0.2, 0) is 13.1 Å². The Morgan fingerprint density at radius 1 is 1.07 bits per heavy atom. The van der Waals surface area contributed by atoms with Crippen molar-refractivity contribution in [3.8, 4) is 5.82 Å². The number of aliphatic imine (C=N–C) groups is 1. The molecule has 3 rings (SSSR count). The third-order valence-corrected chi connectivity index (χ3v) is 3.88. The van der Waals surface area contributed by atoms with Gasteiger partial charge in [0.05, 0.1) is 17.9 Å². The lowest BCUT2D eigenvalue weighted by molar-refractivity contribution is 0.783. The maximum Gasteiger partial charge on any atom is 0.191 e. The van der Waals surface area contributed by atoms with Gasteiger partial charge in [0, 0.05) is 31.7 Å². The highest BCUT2D eigenvalue weighted by molar-refractivity contribution is 14.0. The molecule has 0 aromatic carbocycles. The molecule has 0 radical (unpaired) electrons. The Morgan fingerprint density at radius 3 is 2.48 bits per heavy atom. The molecule has 0 amide bonds. The maximum atomic E-state index is 4.51. The summed E-state index contributed by atoms with van der Waals surface area (Å²) in [6.45, 7) is 5.25.